The Morgan fingerprint density at radius 2 is 2.22 bits per heavy atom. The zero-order valence-electron chi connectivity index (χ0n) is 8.99. The first kappa shape index (κ1) is 14.2. The van der Waals surface area contributed by atoms with Crippen molar-refractivity contribution in [2.45, 2.75) is 18.9 Å². The van der Waals surface area contributed by atoms with Crippen LogP contribution in [-0.4, -0.2) is 17.7 Å². The van der Waals surface area contributed by atoms with Gasteiger partial charge in [-0.3, -0.25) is 4.79 Å². The van der Waals surface area contributed by atoms with Crippen molar-refractivity contribution in [3.05, 3.63) is 28.8 Å². The third-order valence-corrected chi connectivity index (χ3v) is 2.41. The van der Waals surface area contributed by atoms with E-state index in [0.717, 1.165) is 0 Å². The van der Waals surface area contributed by atoms with Crippen molar-refractivity contribution >= 4 is 17.6 Å². The molecule has 0 radical (unpaired) electrons. The predicted octanol–water partition coefficient (Wildman–Crippen LogP) is 2.53. The molecule has 0 aromatic heterocycles. The lowest BCUT2D eigenvalue weighted by Gasteiger charge is -2.14. The summed E-state index contributed by atoms with van der Waals surface area (Å²) in [7, 11) is 0. The third-order valence-electron chi connectivity index (χ3n) is 2.14. The largest absolute Gasteiger partial charge is 0.481 e. The molecule has 0 heterocycles. The highest BCUT2D eigenvalue weighted by Gasteiger charge is 2.19. The van der Waals surface area contributed by atoms with Crippen molar-refractivity contribution < 1.29 is 23.4 Å². The van der Waals surface area contributed by atoms with E-state index < -0.39 is 19.0 Å². The Hall–Kier alpha value is -1.87. The average Bonchev–Trinajstić information content (AvgIpc) is 2.29. The average molecular weight is 276 g/mol. The summed E-state index contributed by atoms with van der Waals surface area (Å²) >= 11 is 5.58. The van der Waals surface area contributed by atoms with Gasteiger partial charge in [0, 0.05) is 11.1 Å². The number of benzene rings is 1. The van der Waals surface area contributed by atoms with E-state index in [2.05, 4.69) is 4.74 Å². The zero-order chi connectivity index (χ0) is 13.7. The van der Waals surface area contributed by atoms with E-state index in [1.165, 1.54) is 12.1 Å². The Labute approximate surface area is 106 Å². The number of hydrogen-bond acceptors (Lipinski definition) is 3. The number of nitriles is 1. The Balaban J connectivity index is 3.34. The van der Waals surface area contributed by atoms with Crippen LogP contribution >= 0.6 is 11.6 Å². The predicted molar refractivity (Wildman–Crippen MR) is 58.7 cm³/mol. The molecule has 18 heavy (non-hydrogen) atoms. The molecule has 0 aliphatic heterocycles. The zero-order valence-corrected chi connectivity index (χ0v) is 9.75. The van der Waals surface area contributed by atoms with Gasteiger partial charge in [-0.25, -0.2) is 0 Å². The van der Waals surface area contributed by atoms with E-state index in [1.54, 1.807) is 6.07 Å². The van der Waals surface area contributed by atoms with Crippen LogP contribution < -0.4 is 4.74 Å². The molecular weight excluding hydrogens is 268 g/mol. The summed E-state index contributed by atoms with van der Waals surface area (Å²) in [5.74, 6) is -1.75. The van der Waals surface area contributed by atoms with Gasteiger partial charge in [-0.1, -0.05) is 6.07 Å². The maximum atomic E-state index is 12.3. The number of aliphatic carboxylic acids is 1. The van der Waals surface area contributed by atoms with Gasteiger partial charge in [0.25, 0.3) is 0 Å². The smallest absolute Gasteiger partial charge is 0.387 e. The van der Waals surface area contributed by atoms with Crippen LogP contribution in [0, 0.1) is 11.3 Å². The number of ether oxygens (including phenoxy) is 1. The lowest BCUT2D eigenvalue weighted by Crippen LogP contribution is -2.10. The van der Waals surface area contributed by atoms with Crippen LogP contribution in [0.4, 0.5) is 8.78 Å². The standard InChI is InChI=1S/C11H8ClF2NO3/c12-4-8-7(5-15)2-1-6(3-9(16)17)10(8)18-11(13)14/h1-2,11H,3-4H2,(H,16,17). The second kappa shape index (κ2) is 6.17. The fourth-order valence-corrected chi connectivity index (χ4v) is 1.72. The molecule has 1 aromatic rings. The molecule has 0 saturated carbocycles. The van der Waals surface area contributed by atoms with Gasteiger partial charge >= 0.3 is 12.6 Å². The molecule has 1 aromatic carbocycles. The topological polar surface area (TPSA) is 70.3 Å². The lowest BCUT2D eigenvalue weighted by molar-refractivity contribution is -0.136. The minimum absolute atomic E-state index is 0.0532. The van der Waals surface area contributed by atoms with Crippen molar-refractivity contribution in [1.29, 1.82) is 5.26 Å². The molecule has 0 aliphatic rings. The fraction of sp³-hybridized carbons (Fsp3) is 0.273. The van der Waals surface area contributed by atoms with Gasteiger partial charge < -0.3 is 9.84 Å². The summed E-state index contributed by atoms with van der Waals surface area (Å²) in [5, 5.41) is 17.5. The minimum atomic E-state index is -3.12. The number of halogens is 3. The Bertz CT molecular complexity index is 500. The van der Waals surface area contributed by atoms with Crippen LogP contribution in [0.2, 0.25) is 0 Å². The SMILES string of the molecule is N#Cc1ccc(CC(=O)O)c(OC(F)F)c1CCl. The second-order valence-electron chi connectivity index (χ2n) is 3.27. The number of carboxylic acids is 1. The monoisotopic (exact) mass is 275 g/mol. The van der Waals surface area contributed by atoms with Crippen LogP contribution in [0.3, 0.4) is 0 Å². The van der Waals surface area contributed by atoms with Crippen molar-refractivity contribution in [1.82, 2.24) is 0 Å². The molecule has 0 unspecified atom stereocenters. The molecule has 0 fully saturated rings. The van der Waals surface area contributed by atoms with Gasteiger partial charge in [0.2, 0.25) is 0 Å². The van der Waals surface area contributed by atoms with Gasteiger partial charge in [0.15, 0.2) is 0 Å². The Morgan fingerprint density at radius 3 is 2.67 bits per heavy atom. The quantitative estimate of drug-likeness (QED) is 0.838. The first-order valence-corrected chi connectivity index (χ1v) is 5.30. The summed E-state index contributed by atoms with van der Waals surface area (Å²) in [6, 6.07) is 4.38. The Kier molecular flexibility index (Phi) is 4.86. The van der Waals surface area contributed by atoms with E-state index in [-0.39, 0.29) is 28.3 Å². The van der Waals surface area contributed by atoms with Crippen LogP contribution in [0.5, 0.6) is 5.75 Å². The normalized spacial score (nSPS) is 10.2. The van der Waals surface area contributed by atoms with Gasteiger partial charge in [0.05, 0.1) is 23.9 Å². The molecule has 0 spiro atoms. The summed E-state index contributed by atoms with van der Waals surface area (Å²) in [4.78, 5) is 10.6. The van der Waals surface area contributed by atoms with Crippen LogP contribution in [0.25, 0.3) is 0 Å². The highest BCUT2D eigenvalue weighted by molar-refractivity contribution is 6.17. The van der Waals surface area contributed by atoms with E-state index >= 15 is 0 Å². The number of carboxylic acid groups (broad SMARTS) is 1. The Morgan fingerprint density at radius 1 is 1.56 bits per heavy atom. The minimum Gasteiger partial charge on any atom is -0.481 e. The highest BCUT2D eigenvalue weighted by atomic mass is 35.5. The number of nitrogens with zero attached hydrogens (tertiary/aromatic N) is 1. The molecule has 0 amide bonds. The molecule has 0 aliphatic carbocycles. The van der Waals surface area contributed by atoms with Gasteiger partial charge in [0.1, 0.15) is 5.75 Å². The number of carbonyl (C=O) groups is 1. The summed E-state index contributed by atoms with van der Waals surface area (Å²) in [6.07, 6.45) is -0.488. The second-order valence-corrected chi connectivity index (χ2v) is 3.54. The molecule has 7 heteroatoms. The van der Waals surface area contributed by atoms with Gasteiger partial charge in [-0.2, -0.15) is 14.0 Å². The van der Waals surface area contributed by atoms with Crippen LogP contribution in [0.1, 0.15) is 16.7 Å². The van der Waals surface area contributed by atoms with Crippen molar-refractivity contribution in [3.63, 3.8) is 0 Å². The fourth-order valence-electron chi connectivity index (χ4n) is 1.45. The summed E-state index contributed by atoms with van der Waals surface area (Å²) in [6.45, 7) is -3.12. The van der Waals surface area contributed by atoms with E-state index in [9.17, 15) is 13.6 Å². The van der Waals surface area contributed by atoms with Gasteiger partial charge in [-0.15, -0.1) is 11.6 Å². The van der Waals surface area contributed by atoms with Crippen molar-refractivity contribution in [3.8, 4) is 11.8 Å². The summed E-state index contributed by atoms with van der Waals surface area (Å²) in [5.41, 5.74) is 0.199. The highest BCUT2D eigenvalue weighted by Crippen LogP contribution is 2.30. The molecule has 1 N–H and O–H groups in total. The third kappa shape index (κ3) is 3.31. The number of rotatable bonds is 5. The van der Waals surface area contributed by atoms with Crippen LogP contribution in [-0.2, 0) is 17.1 Å². The number of alkyl halides is 3. The lowest BCUT2D eigenvalue weighted by atomic mass is 10.0. The van der Waals surface area contributed by atoms with Gasteiger partial charge in [-0.05, 0) is 6.07 Å². The molecule has 0 saturated heterocycles. The molecule has 1 rings (SSSR count). The van der Waals surface area contributed by atoms with Crippen molar-refractivity contribution in [2.75, 3.05) is 0 Å². The maximum Gasteiger partial charge on any atom is 0.387 e. The molecular formula is C11H8ClF2NO3. The van der Waals surface area contributed by atoms with E-state index in [4.69, 9.17) is 22.0 Å². The van der Waals surface area contributed by atoms with Crippen LogP contribution in [0.15, 0.2) is 12.1 Å². The first-order valence-electron chi connectivity index (χ1n) is 4.77. The van der Waals surface area contributed by atoms with E-state index in [1.807, 2.05) is 0 Å². The molecule has 96 valence electrons. The number of hydrogen-bond donors (Lipinski definition) is 1. The first-order chi connectivity index (χ1) is 8.49. The maximum absolute atomic E-state index is 12.3. The molecule has 4 nitrogen and oxygen atoms in total. The summed E-state index contributed by atoms with van der Waals surface area (Å²) < 4.78 is 28.9. The molecule has 0 atom stereocenters. The molecule has 0 bridgehead atoms. The van der Waals surface area contributed by atoms with E-state index in [0.29, 0.717) is 0 Å². The van der Waals surface area contributed by atoms with Crippen molar-refractivity contribution in [2.24, 2.45) is 0 Å².